The lowest BCUT2D eigenvalue weighted by Gasteiger charge is -2.15. The highest BCUT2D eigenvalue weighted by Crippen LogP contribution is 2.09. The topological polar surface area (TPSA) is 65.4 Å². The highest BCUT2D eigenvalue weighted by atomic mass is 32.2. The third kappa shape index (κ3) is 5.69. The van der Waals surface area contributed by atoms with Crippen molar-refractivity contribution in [3.05, 3.63) is 0 Å². The summed E-state index contributed by atoms with van der Waals surface area (Å²) in [4.78, 5) is 11.3. The van der Waals surface area contributed by atoms with E-state index in [9.17, 15) is 4.79 Å². The average molecular weight is 219 g/mol. The van der Waals surface area contributed by atoms with Crippen LogP contribution in [-0.4, -0.2) is 36.3 Å². The fourth-order valence-electron chi connectivity index (χ4n) is 0.631. The fourth-order valence-corrected chi connectivity index (χ4v) is 1.49. The van der Waals surface area contributed by atoms with Gasteiger partial charge >= 0.3 is 6.03 Å². The fraction of sp³-hybridized carbons (Fsp3) is 0.750. The molecule has 0 saturated carbocycles. The zero-order chi connectivity index (χ0) is 11.0. The number of carbonyl (C=O) groups excluding carboxylic acids is 1. The van der Waals surface area contributed by atoms with Crippen LogP contribution in [0.25, 0.3) is 0 Å². The molecule has 6 heteroatoms. The molecule has 0 radical (unpaired) electrons. The number of unbranched alkanes of at least 4 members (excludes halogenated alkanes) is 1. The van der Waals surface area contributed by atoms with E-state index in [1.807, 2.05) is 0 Å². The van der Waals surface area contributed by atoms with Gasteiger partial charge in [-0.05, 0) is 18.4 Å². The maximum absolute atomic E-state index is 11.3. The van der Waals surface area contributed by atoms with E-state index in [2.05, 4.69) is 17.0 Å². The first kappa shape index (κ1) is 13.1. The molecule has 0 spiro atoms. The first-order valence-electron chi connectivity index (χ1n) is 4.42. The van der Waals surface area contributed by atoms with Crippen LogP contribution in [0.2, 0.25) is 0 Å². The summed E-state index contributed by atoms with van der Waals surface area (Å²) in [6, 6.07) is -0.573. The summed E-state index contributed by atoms with van der Waals surface area (Å²) in [5.74, 6) is 0.904. The molecule has 0 heterocycles. The van der Waals surface area contributed by atoms with E-state index in [1.165, 1.54) is 23.4 Å². The van der Waals surface area contributed by atoms with Gasteiger partial charge in [0.25, 0.3) is 6.02 Å². The molecular formula is C8H17N3O2S. The molecule has 82 valence electrons. The molecule has 0 atom stereocenters. The highest BCUT2D eigenvalue weighted by molar-refractivity contribution is 7.97. The predicted octanol–water partition coefficient (Wildman–Crippen LogP) is 1.66. The molecule has 2 N–H and O–H groups in total. The van der Waals surface area contributed by atoms with Crippen molar-refractivity contribution in [3.63, 3.8) is 0 Å². The minimum absolute atomic E-state index is 0.238. The van der Waals surface area contributed by atoms with Gasteiger partial charge in [0.1, 0.15) is 0 Å². The first-order chi connectivity index (χ1) is 6.61. The van der Waals surface area contributed by atoms with Crippen LogP contribution in [0.3, 0.4) is 0 Å². The van der Waals surface area contributed by atoms with Crippen molar-refractivity contribution >= 4 is 24.0 Å². The van der Waals surface area contributed by atoms with Crippen molar-refractivity contribution in [3.8, 4) is 0 Å². The van der Waals surface area contributed by atoms with Crippen LogP contribution in [0.1, 0.15) is 19.8 Å². The molecule has 0 aromatic heterocycles. The molecule has 2 amide bonds. The second-order valence-corrected chi connectivity index (χ2v) is 3.86. The van der Waals surface area contributed by atoms with Crippen LogP contribution < -0.4 is 5.32 Å². The SMILES string of the molecule is CCCCSN(C)C(=O)NC(=N)OC. The van der Waals surface area contributed by atoms with Crippen LogP contribution in [0, 0.1) is 5.41 Å². The van der Waals surface area contributed by atoms with E-state index >= 15 is 0 Å². The monoisotopic (exact) mass is 219 g/mol. The standard InChI is InChI=1S/C8H17N3O2S/c1-4-5-6-14-11(2)8(12)10-7(9)13-3/h4-6H2,1-3H3,(H2,9,10,12). The highest BCUT2D eigenvalue weighted by Gasteiger charge is 2.10. The summed E-state index contributed by atoms with van der Waals surface area (Å²) in [6.45, 7) is 2.10. The van der Waals surface area contributed by atoms with E-state index in [0.717, 1.165) is 18.6 Å². The third-order valence-corrected chi connectivity index (χ3v) is 2.52. The number of urea groups is 1. The average Bonchev–Trinajstić information content (AvgIpc) is 2.17. The van der Waals surface area contributed by atoms with Crippen molar-refractivity contribution in [1.82, 2.24) is 9.62 Å². The molecule has 0 unspecified atom stereocenters. The van der Waals surface area contributed by atoms with Crippen LogP contribution in [0.15, 0.2) is 0 Å². The molecule has 5 nitrogen and oxygen atoms in total. The zero-order valence-corrected chi connectivity index (χ0v) is 9.61. The number of rotatable bonds is 4. The van der Waals surface area contributed by atoms with Crippen LogP contribution in [0.5, 0.6) is 0 Å². The maximum Gasteiger partial charge on any atom is 0.335 e. The Balaban J connectivity index is 3.70. The number of amides is 2. The minimum Gasteiger partial charge on any atom is -0.468 e. The van der Waals surface area contributed by atoms with Gasteiger partial charge in [0.2, 0.25) is 0 Å². The summed E-state index contributed by atoms with van der Waals surface area (Å²) in [7, 11) is 3.01. The Morgan fingerprint density at radius 2 is 2.29 bits per heavy atom. The predicted molar refractivity (Wildman–Crippen MR) is 58.4 cm³/mol. The lowest BCUT2D eigenvalue weighted by Crippen LogP contribution is -2.37. The lowest BCUT2D eigenvalue weighted by molar-refractivity contribution is 0.232. The summed E-state index contributed by atoms with van der Waals surface area (Å²) in [5, 5.41) is 9.37. The number of hydrogen-bond acceptors (Lipinski definition) is 4. The van der Waals surface area contributed by atoms with Gasteiger partial charge in [-0.2, -0.15) is 0 Å². The van der Waals surface area contributed by atoms with E-state index in [0.29, 0.717) is 0 Å². The summed E-state index contributed by atoms with van der Waals surface area (Å²) in [5.41, 5.74) is 0. The summed E-state index contributed by atoms with van der Waals surface area (Å²) in [6.07, 6.45) is 2.18. The Hall–Kier alpha value is -0.910. The molecule has 0 aliphatic heterocycles. The smallest absolute Gasteiger partial charge is 0.335 e. The van der Waals surface area contributed by atoms with Gasteiger partial charge in [0, 0.05) is 12.8 Å². The number of carbonyl (C=O) groups is 1. The molecule has 0 rings (SSSR count). The number of ether oxygens (including phenoxy) is 1. The molecule has 0 aliphatic carbocycles. The van der Waals surface area contributed by atoms with Gasteiger partial charge in [-0.3, -0.25) is 15.0 Å². The first-order valence-corrected chi connectivity index (χ1v) is 5.36. The van der Waals surface area contributed by atoms with Crippen molar-refractivity contribution in [2.24, 2.45) is 0 Å². The number of nitrogens with zero attached hydrogens (tertiary/aromatic N) is 1. The Morgan fingerprint density at radius 1 is 1.64 bits per heavy atom. The van der Waals surface area contributed by atoms with Gasteiger partial charge in [0.15, 0.2) is 0 Å². The Labute approximate surface area is 88.8 Å². The summed E-state index contributed by atoms with van der Waals surface area (Å²) < 4.78 is 5.97. The van der Waals surface area contributed by atoms with Crippen molar-refractivity contribution in [2.75, 3.05) is 19.9 Å². The maximum atomic E-state index is 11.3. The Morgan fingerprint density at radius 3 is 2.79 bits per heavy atom. The zero-order valence-electron chi connectivity index (χ0n) is 8.79. The minimum atomic E-state index is -0.335. The van der Waals surface area contributed by atoms with Gasteiger partial charge in [-0.25, -0.2) is 4.79 Å². The molecular weight excluding hydrogens is 202 g/mol. The third-order valence-electron chi connectivity index (χ3n) is 1.49. The van der Waals surface area contributed by atoms with Gasteiger partial charge in [0.05, 0.1) is 7.11 Å². The molecule has 0 bridgehead atoms. The number of hydrogen-bond donors (Lipinski definition) is 2. The van der Waals surface area contributed by atoms with Gasteiger partial charge in [-0.1, -0.05) is 13.3 Å². The molecule has 14 heavy (non-hydrogen) atoms. The van der Waals surface area contributed by atoms with E-state index < -0.39 is 0 Å². The van der Waals surface area contributed by atoms with Crippen LogP contribution in [-0.2, 0) is 4.74 Å². The number of nitrogens with one attached hydrogen (secondary N) is 2. The molecule has 0 aromatic rings. The van der Waals surface area contributed by atoms with E-state index in [1.54, 1.807) is 7.05 Å². The second kappa shape index (κ2) is 7.49. The van der Waals surface area contributed by atoms with Crippen molar-refractivity contribution < 1.29 is 9.53 Å². The van der Waals surface area contributed by atoms with Crippen molar-refractivity contribution in [2.45, 2.75) is 19.8 Å². The Kier molecular flexibility index (Phi) is 7.00. The van der Waals surface area contributed by atoms with Crippen LogP contribution >= 0.6 is 11.9 Å². The van der Waals surface area contributed by atoms with Gasteiger partial charge < -0.3 is 4.74 Å². The quantitative estimate of drug-likeness (QED) is 0.327. The van der Waals surface area contributed by atoms with Gasteiger partial charge in [-0.15, -0.1) is 0 Å². The van der Waals surface area contributed by atoms with E-state index in [-0.39, 0.29) is 12.1 Å². The Bertz CT molecular complexity index is 199. The van der Waals surface area contributed by atoms with E-state index in [4.69, 9.17) is 5.41 Å². The van der Waals surface area contributed by atoms with Crippen molar-refractivity contribution in [1.29, 1.82) is 5.41 Å². The lowest BCUT2D eigenvalue weighted by atomic mass is 10.4. The molecule has 0 aliphatic rings. The second-order valence-electron chi connectivity index (χ2n) is 2.65. The normalized spacial score (nSPS) is 9.36. The molecule has 0 saturated heterocycles. The summed E-state index contributed by atoms with van der Waals surface area (Å²) >= 11 is 1.43. The number of methoxy groups -OCH3 is 1. The number of amidine groups is 1. The largest absolute Gasteiger partial charge is 0.468 e. The molecule has 0 aromatic carbocycles. The molecule has 0 fully saturated rings. The van der Waals surface area contributed by atoms with Crippen LogP contribution in [0.4, 0.5) is 4.79 Å².